The number of nitrogens with one attached hydrogen (secondary N) is 2. The molecule has 2 unspecified atom stereocenters. The van der Waals surface area contributed by atoms with Crippen molar-refractivity contribution in [3.63, 3.8) is 0 Å². The molecule has 2 aromatic heterocycles. The Morgan fingerprint density at radius 1 is 1.27 bits per heavy atom. The number of rotatable bonds is 6. The van der Waals surface area contributed by atoms with Crippen LogP contribution in [0.3, 0.4) is 0 Å². The van der Waals surface area contributed by atoms with E-state index < -0.39 is 24.3 Å². The predicted molar refractivity (Wildman–Crippen MR) is 109 cm³/mol. The number of urea groups is 1. The maximum atomic E-state index is 14.7. The van der Waals surface area contributed by atoms with Crippen molar-refractivity contribution in [2.24, 2.45) is 0 Å². The van der Waals surface area contributed by atoms with Gasteiger partial charge in [0.25, 0.3) is 0 Å². The maximum Gasteiger partial charge on any atom is 0.410 e. The normalized spacial score (nSPS) is 17.1. The zero-order valence-corrected chi connectivity index (χ0v) is 27.0. The number of hydrogen-bond donors (Lipinski definition) is 3. The van der Waals surface area contributed by atoms with Crippen LogP contribution < -0.4 is 20.3 Å². The van der Waals surface area contributed by atoms with Gasteiger partial charge in [0, 0.05) is 104 Å². The van der Waals surface area contributed by atoms with Gasteiger partial charge in [0.2, 0.25) is 11.8 Å². The molecular weight excluding hydrogens is 726 g/mol. The quantitative estimate of drug-likeness (QED) is 0.403. The van der Waals surface area contributed by atoms with Gasteiger partial charge in [-0.3, -0.25) is 10.6 Å². The SMILES string of the molecule is CCOc1cnc(NC(=O)N(C)C2CN(c3nccc(NC(=O)O)n3)CCC2F)cn1.[Ra].[Y]. The molecule has 3 rings (SSSR count). The van der Waals surface area contributed by atoms with Gasteiger partial charge in [0.05, 0.1) is 25.0 Å². The number of halogens is 1. The third-order valence-electron chi connectivity index (χ3n) is 4.63. The molecule has 1 saturated heterocycles. The van der Waals surface area contributed by atoms with Crippen LogP contribution in [0.1, 0.15) is 13.3 Å². The molecule has 1 aliphatic rings. The molecule has 1 fully saturated rings. The van der Waals surface area contributed by atoms with Gasteiger partial charge >= 0.3 is 12.1 Å². The summed E-state index contributed by atoms with van der Waals surface area (Å²) in [7, 11) is 1.49. The number of amides is 3. The number of alkyl halides is 1. The third-order valence-corrected chi connectivity index (χ3v) is 4.63. The van der Waals surface area contributed by atoms with E-state index in [4.69, 9.17) is 9.84 Å². The summed E-state index contributed by atoms with van der Waals surface area (Å²) in [5.41, 5.74) is 0. The standard InChI is InChI=1S/C18H23FN8O4.Ra.Y/c1-3-31-15-9-21-14(8-22-15)24-17(28)26(2)12-10-27(7-5-11(12)19)16-20-6-4-13(23-16)25-18(29)30;;/h4,6,8-9,11-12H,3,5,7,10H2,1-2H3,(H,29,30)(H,20,23,25)(H,21,24,28);;. The number of anilines is 3. The van der Waals surface area contributed by atoms with E-state index in [1.807, 2.05) is 6.92 Å². The van der Waals surface area contributed by atoms with E-state index in [0.717, 1.165) is 0 Å². The minimum absolute atomic E-state index is 0. The molecule has 2 atom stereocenters. The second-order valence-electron chi connectivity index (χ2n) is 6.70. The van der Waals surface area contributed by atoms with Crippen LogP contribution in [0.2, 0.25) is 0 Å². The number of carbonyl (C=O) groups is 2. The molecule has 3 N–H and O–H groups in total. The topological polar surface area (TPSA) is 146 Å². The Bertz CT molecular complexity index is 929. The van der Waals surface area contributed by atoms with E-state index in [0.29, 0.717) is 19.0 Å². The van der Waals surface area contributed by atoms with Crippen molar-refractivity contribution >= 4 is 29.7 Å². The van der Waals surface area contributed by atoms with Crippen molar-refractivity contribution in [1.82, 2.24) is 24.8 Å². The van der Waals surface area contributed by atoms with Gasteiger partial charge < -0.3 is 19.6 Å². The summed E-state index contributed by atoms with van der Waals surface area (Å²) < 4.78 is 19.9. The largest absolute Gasteiger partial charge is 0.477 e. The first-order valence-electron chi connectivity index (χ1n) is 9.58. The van der Waals surface area contributed by atoms with E-state index in [-0.39, 0.29) is 108 Å². The van der Waals surface area contributed by atoms with Crippen LogP contribution in [0.4, 0.5) is 31.6 Å². The van der Waals surface area contributed by atoms with Crippen molar-refractivity contribution in [2.75, 3.05) is 42.3 Å². The van der Waals surface area contributed by atoms with Crippen LogP contribution in [0.15, 0.2) is 24.7 Å². The minimum atomic E-state index is -1.25. The Kier molecular flexibility index (Phi) is 12.9. The monoisotopic (exact) mass is 749 g/mol. The van der Waals surface area contributed by atoms with Gasteiger partial charge in [-0.15, -0.1) is 0 Å². The van der Waals surface area contributed by atoms with Crippen molar-refractivity contribution in [1.29, 1.82) is 0 Å². The fraction of sp³-hybridized carbons (Fsp3) is 0.444. The predicted octanol–water partition coefficient (Wildman–Crippen LogP) is 1.83. The number of likely N-dealkylation sites (N-methyl/N-ethyl adjacent to an activating group) is 1. The molecular formula is C18H23FN8O4RaY. The van der Waals surface area contributed by atoms with Crippen LogP contribution in [0.5, 0.6) is 5.88 Å². The molecule has 3 heterocycles. The average molecular weight is 749 g/mol. The summed E-state index contributed by atoms with van der Waals surface area (Å²) in [6.45, 7) is 2.72. The van der Waals surface area contributed by atoms with E-state index in [2.05, 4.69) is 30.6 Å². The van der Waals surface area contributed by atoms with Gasteiger partial charge in [-0.25, -0.2) is 28.9 Å². The second kappa shape index (κ2) is 14.3. The Balaban J connectivity index is 0.00000272. The molecule has 2 aromatic rings. The van der Waals surface area contributed by atoms with Gasteiger partial charge in [0.1, 0.15) is 12.0 Å². The van der Waals surface area contributed by atoms with E-state index in [9.17, 15) is 14.0 Å². The van der Waals surface area contributed by atoms with Crippen LogP contribution >= 0.6 is 0 Å². The fourth-order valence-corrected chi connectivity index (χ4v) is 3.08. The van der Waals surface area contributed by atoms with Crippen molar-refractivity contribution in [2.45, 2.75) is 25.6 Å². The Labute approximate surface area is 251 Å². The van der Waals surface area contributed by atoms with Gasteiger partial charge in [-0.05, 0) is 19.4 Å². The van der Waals surface area contributed by atoms with Crippen molar-refractivity contribution in [3.8, 4) is 5.88 Å². The molecule has 0 saturated carbocycles. The molecule has 0 bridgehead atoms. The molecule has 3 amide bonds. The summed E-state index contributed by atoms with van der Waals surface area (Å²) >= 11 is 0. The van der Waals surface area contributed by atoms with Gasteiger partial charge in [-0.2, -0.15) is 4.98 Å². The van der Waals surface area contributed by atoms with Crippen LogP contribution in [-0.2, 0) is 32.7 Å². The minimum Gasteiger partial charge on any atom is -0.477 e. The van der Waals surface area contributed by atoms with Crippen LogP contribution in [0.25, 0.3) is 0 Å². The molecule has 0 spiro atoms. The summed E-state index contributed by atoms with van der Waals surface area (Å²) in [5.74, 6) is 0.894. The number of ether oxygens (including phenoxy) is 1. The Hall–Kier alpha value is -1.20. The number of carboxylic acid groups (broad SMARTS) is 1. The van der Waals surface area contributed by atoms with Crippen molar-refractivity contribution < 1.29 is 102 Å². The molecule has 15 heteroatoms. The van der Waals surface area contributed by atoms with Crippen molar-refractivity contribution in [3.05, 3.63) is 24.7 Å². The first kappa shape index (κ1) is 29.8. The number of aromatic nitrogens is 4. The summed E-state index contributed by atoms with van der Waals surface area (Å²) in [4.78, 5) is 42.7. The Morgan fingerprint density at radius 3 is 2.67 bits per heavy atom. The molecule has 171 valence electrons. The Morgan fingerprint density at radius 2 is 2.03 bits per heavy atom. The van der Waals surface area contributed by atoms with E-state index >= 15 is 0 Å². The maximum absolute atomic E-state index is 14.7. The zero-order chi connectivity index (χ0) is 22.4. The zero-order valence-electron chi connectivity index (χ0n) is 18.3. The van der Waals surface area contributed by atoms with E-state index in [1.54, 1.807) is 4.90 Å². The molecule has 0 aliphatic carbocycles. The number of hydrogen-bond acceptors (Lipinski definition) is 8. The van der Waals surface area contributed by atoms with E-state index in [1.165, 1.54) is 36.6 Å². The first-order chi connectivity index (χ1) is 14.9. The summed E-state index contributed by atoms with van der Waals surface area (Å²) in [5, 5.41) is 13.6. The molecule has 3 radical (unpaired) electrons. The number of nitrogens with zero attached hydrogens (tertiary/aromatic N) is 6. The number of piperidine rings is 1. The molecule has 1 aliphatic heterocycles. The molecule has 12 nitrogen and oxygen atoms in total. The molecule has 0 aromatic carbocycles. The van der Waals surface area contributed by atoms with Crippen LogP contribution in [-0.4, -0.2) is 81.0 Å². The van der Waals surface area contributed by atoms with Gasteiger partial charge in [-0.1, -0.05) is 0 Å². The smallest absolute Gasteiger partial charge is 0.410 e. The molecule has 33 heavy (non-hydrogen) atoms. The first-order valence-corrected chi connectivity index (χ1v) is 9.58. The third kappa shape index (κ3) is 8.51. The fourth-order valence-electron chi connectivity index (χ4n) is 3.08. The second-order valence-corrected chi connectivity index (χ2v) is 6.70. The average Bonchev–Trinajstić information content (AvgIpc) is 2.75. The summed E-state index contributed by atoms with van der Waals surface area (Å²) in [6, 6.07) is 0.0910. The summed E-state index contributed by atoms with van der Waals surface area (Å²) in [6.07, 6.45) is 1.80. The number of carbonyl (C=O) groups excluding carboxylic acids is 1. The van der Waals surface area contributed by atoms with Gasteiger partial charge in [0.15, 0.2) is 5.82 Å². The van der Waals surface area contributed by atoms with Crippen LogP contribution in [0, 0.1) is 45.0 Å².